The van der Waals surface area contributed by atoms with Gasteiger partial charge in [0.15, 0.2) is 0 Å². The number of halogens is 3. The Morgan fingerprint density at radius 3 is 2.67 bits per heavy atom. The molecule has 3 unspecified atom stereocenters. The summed E-state index contributed by atoms with van der Waals surface area (Å²) in [7, 11) is 0. The average molecular weight is 265 g/mol. The topological polar surface area (TPSA) is 66.4 Å². The molecule has 3 atom stereocenters. The van der Waals surface area contributed by atoms with Gasteiger partial charge in [0.2, 0.25) is 5.91 Å². The number of amides is 1. The Kier molecular flexibility index (Phi) is 3.03. The fourth-order valence-electron chi connectivity index (χ4n) is 3.21. The van der Waals surface area contributed by atoms with E-state index >= 15 is 0 Å². The molecule has 0 radical (unpaired) electrons. The van der Waals surface area contributed by atoms with E-state index in [9.17, 15) is 22.8 Å². The molecule has 1 heterocycles. The maximum atomic E-state index is 12.8. The molecule has 2 fully saturated rings. The van der Waals surface area contributed by atoms with Crippen molar-refractivity contribution in [1.29, 1.82) is 0 Å². The van der Waals surface area contributed by atoms with Gasteiger partial charge >= 0.3 is 12.1 Å². The van der Waals surface area contributed by atoms with Crippen molar-refractivity contribution in [2.45, 2.75) is 44.3 Å². The summed E-state index contributed by atoms with van der Waals surface area (Å²) in [5, 5.41) is 11.3. The van der Waals surface area contributed by atoms with Crippen molar-refractivity contribution < 1.29 is 27.9 Å². The summed E-state index contributed by atoms with van der Waals surface area (Å²) in [6.45, 7) is 0. The number of hydrogen-bond donors (Lipinski definition) is 2. The highest BCUT2D eigenvalue weighted by molar-refractivity contribution is 5.89. The maximum absolute atomic E-state index is 12.8. The van der Waals surface area contributed by atoms with E-state index in [0.29, 0.717) is 12.8 Å². The lowest BCUT2D eigenvalue weighted by Crippen LogP contribution is -2.47. The van der Waals surface area contributed by atoms with Gasteiger partial charge in [-0.2, -0.15) is 13.2 Å². The molecular weight excluding hydrogens is 251 g/mol. The van der Waals surface area contributed by atoms with Crippen LogP contribution in [0.2, 0.25) is 0 Å². The lowest BCUT2D eigenvalue weighted by atomic mass is 9.65. The van der Waals surface area contributed by atoms with Gasteiger partial charge in [-0.1, -0.05) is 6.42 Å². The summed E-state index contributed by atoms with van der Waals surface area (Å²) in [6, 6.07) is -1.19. The van der Waals surface area contributed by atoms with E-state index < -0.39 is 35.4 Å². The Morgan fingerprint density at radius 1 is 1.44 bits per heavy atom. The number of aliphatic carboxylic acids is 1. The van der Waals surface area contributed by atoms with E-state index in [4.69, 9.17) is 5.11 Å². The predicted octanol–water partition coefficient (Wildman–Crippen LogP) is 1.70. The molecule has 1 aliphatic carbocycles. The van der Waals surface area contributed by atoms with E-state index in [0.717, 1.165) is 0 Å². The van der Waals surface area contributed by atoms with Crippen molar-refractivity contribution in [2.75, 3.05) is 0 Å². The van der Waals surface area contributed by atoms with Crippen molar-refractivity contribution in [3.8, 4) is 0 Å². The molecular formula is C11H14F3NO3. The third-order valence-electron chi connectivity index (χ3n) is 4.02. The van der Waals surface area contributed by atoms with Gasteiger partial charge in [0, 0.05) is 11.8 Å². The van der Waals surface area contributed by atoms with Crippen molar-refractivity contribution in [3.05, 3.63) is 0 Å². The Bertz CT molecular complexity index is 382. The van der Waals surface area contributed by atoms with E-state index in [2.05, 4.69) is 5.32 Å². The average Bonchev–Trinajstić information content (AvgIpc) is 2.54. The fourth-order valence-corrected chi connectivity index (χ4v) is 3.21. The standard InChI is InChI=1S/C11H14F3NO3/c12-11(13,14)6-2-1-3-10(4-6)5-7(16)15-8(10)9(17)18/h6,8H,1-5H2,(H,15,16)(H,17,18). The quantitative estimate of drug-likeness (QED) is 0.758. The van der Waals surface area contributed by atoms with Crippen LogP contribution in [0.15, 0.2) is 0 Å². The van der Waals surface area contributed by atoms with Gasteiger partial charge in [0.1, 0.15) is 6.04 Å². The first-order valence-electron chi connectivity index (χ1n) is 5.83. The minimum Gasteiger partial charge on any atom is -0.480 e. The Hall–Kier alpha value is -1.27. The molecule has 1 saturated heterocycles. The number of hydrogen-bond acceptors (Lipinski definition) is 2. The predicted molar refractivity (Wildman–Crippen MR) is 54.6 cm³/mol. The molecule has 1 saturated carbocycles. The van der Waals surface area contributed by atoms with E-state index in [1.165, 1.54) is 0 Å². The third-order valence-corrected chi connectivity index (χ3v) is 4.02. The molecule has 2 N–H and O–H groups in total. The first kappa shape index (κ1) is 13.2. The molecule has 4 nitrogen and oxygen atoms in total. The number of carbonyl (C=O) groups excluding carboxylic acids is 1. The minimum atomic E-state index is -4.32. The Labute approximate surface area is 102 Å². The van der Waals surface area contributed by atoms with Crippen LogP contribution >= 0.6 is 0 Å². The molecule has 18 heavy (non-hydrogen) atoms. The van der Waals surface area contributed by atoms with E-state index in [1.54, 1.807) is 0 Å². The van der Waals surface area contributed by atoms with Crippen LogP contribution in [-0.2, 0) is 9.59 Å². The van der Waals surface area contributed by atoms with E-state index in [1.807, 2.05) is 0 Å². The van der Waals surface area contributed by atoms with Crippen LogP contribution in [0.1, 0.15) is 32.1 Å². The van der Waals surface area contributed by atoms with Crippen LogP contribution in [0.4, 0.5) is 13.2 Å². The van der Waals surface area contributed by atoms with Gasteiger partial charge < -0.3 is 10.4 Å². The molecule has 0 aromatic heterocycles. The van der Waals surface area contributed by atoms with Crippen molar-refractivity contribution in [3.63, 3.8) is 0 Å². The Morgan fingerprint density at radius 2 is 2.11 bits per heavy atom. The van der Waals surface area contributed by atoms with Crippen LogP contribution in [0.25, 0.3) is 0 Å². The van der Waals surface area contributed by atoms with Crippen molar-refractivity contribution >= 4 is 11.9 Å². The second-order valence-electron chi connectivity index (χ2n) is 5.21. The van der Waals surface area contributed by atoms with Gasteiger partial charge in [-0.05, 0) is 19.3 Å². The minimum absolute atomic E-state index is 0.0196. The highest BCUT2D eigenvalue weighted by Crippen LogP contribution is 2.51. The lowest BCUT2D eigenvalue weighted by Gasteiger charge is -2.40. The number of carboxylic acid groups (broad SMARTS) is 1. The van der Waals surface area contributed by atoms with Gasteiger partial charge in [-0.15, -0.1) is 0 Å². The molecule has 1 spiro atoms. The van der Waals surface area contributed by atoms with Crippen molar-refractivity contribution in [2.24, 2.45) is 11.3 Å². The molecule has 1 aliphatic heterocycles. The summed E-state index contributed by atoms with van der Waals surface area (Å²) in [4.78, 5) is 22.4. The summed E-state index contributed by atoms with van der Waals surface area (Å²) < 4.78 is 38.3. The second-order valence-corrected chi connectivity index (χ2v) is 5.21. The van der Waals surface area contributed by atoms with Gasteiger partial charge in [0.05, 0.1) is 5.92 Å². The lowest BCUT2D eigenvalue weighted by molar-refractivity contribution is -0.194. The van der Waals surface area contributed by atoms with Crippen LogP contribution in [-0.4, -0.2) is 29.2 Å². The zero-order valence-corrected chi connectivity index (χ0v) is 9.59. The van der Waals surface area contributed by atoms with Crippen LogP contribution in [0.3, 0.4) is 0 Å². The van der Waals surface area contributed by atoms with Gasteiger partial charge in [-0.25, -0.2) is 4.79 Å². The number of carboxylic acids is 1. The molecule has 0 bridgehead atoms. The van der Waals surface area contributed by atoms with Gasteiger partial charge in [-0.3, -0.25) is 4.79 Å². The first-order valence-corrected chi connectivity index (χ1v) is 5.83. The molecule has 0 aromatic rings. The number of alkyl halides is 3. The molecule has 1 amide bonds. The zero-order chi connectivity index (χ0) is 13.6. The fraction of sp³-hybridized carbons (Fsp3) is 0.818. The number of carbonyl (C=O) groups is 2. The molecule has 7 heteroatoms. The van der Waals surface area contributed by atoms with E-state index in [-0.39, 0.29) is 19.3 Å². The summed E-state index contributed by atoms with van der Waals surface area (Å²) in [5.41, 5.74) is -1.07. The molecule has 102 valence electrons. The number of nitrogens with one attached hydrogen (secondary N) is 1. The second kappa shape index (κ2) is 4.13. The molecule has 2 aliphatic rings. The van der Waals surface area contributed by atoms with Crippen LogP contribution < -0.4 is 5.32 Å². The monoisotopic (exact) mass is 265 g/mol. The normalized spacial score (nSPS) is 36.7. The third kappa shape index (κ3) is 2.18. The van der Waals surface area contributed by atoms with Crippen molar-refractivity contribution in [1.82, 2.24) is 5.32 Å². The first-order chi connectivity index (χ1) is 8.24. The maximum Gasteiger partial charge on any atom is 0.391 e. The SMILES string of the molecule is O=C1CC2(CCCC(C(F)(F)F)C2)C(C(=O)O)N1. The molecule has 2 rings (SSSR count). The summed E-state index contributed by atoms with van der Waals surface area (Å²) in [6.07, 6.45) is -4.02. The Balaban J connectivity index is 2.24. The highest BCUT2D eigenvalue weighted by Gasteiger charge is 2.56. The highest BCUT2D eigenvalue weighted by atomic mass is 19.4. The van der Waals surface area contributed by atoms with Gasteiger partial charge in [0.25, 0.3) is 0 Å². The summed E-state index contributed by atoms with van der Waals surface area (Å²) >= 11 is 0. The zero-order valence-electron chi connectivity index (χ0n) is 9.59. The largest absolute Gasteiger partial charge is 0.480 e. The smallest absolute Gasteiger partial charge is 0.391 e. The molecule has 0 aromatic carbocycles. The van der Waals surface area contributed by atoms with Crippen LogP contribution in [0.5, 0.6) is 0 Å². The summed E-state index contributed by atoms with van der Waals surface area (Å²) in [5.74, 6) is -3.21. The number of rotatable bonds is 1. The van der Waals surface area contributed by atoms with Crippen LogP contribution in [0, 0.1) is 11.3 Å².